The highest BCUT2D eigenvalue weighted by molar-refractivity contribution is 9.10. The number of halogens is 2. The fourth-order valence-electron chi connectivity index (χ4n) is 1.54. The third-order valence-electron chi connectivity index (χ3n) is 2.75. The van der Waals surface area contributed by atoms with Gasteiger partial charge in [-0.15, -0.1) is 0 Å². The molecule has 1 heterocycles. The molecule has 0 saturated heterocycles. The first-order valence-corrected chi connectivity index (χ1v) is 7.13. The predicted octanol–water partition coefficient (Wildman–Crippen LogP) is 3.20. The van der Waals surface area contributed by atoms with Gasteiger partial charge in [-0.1, -0.05) is 47.9 Å². The van der Waals surface area contributed by atoms with Crippen molar-refractivity contribution in [3.63, 3.8) is 0 Å². The number of nitrogens with zero attached hydrogens (tertiary/aromatic N) is 2. The quantitative estimate of drug-likeness (QED) is 0.917. The standard InChI is InChI=1S/C14H15BrFN3O2/c1-14(2,3)13-18-12(21-19-13)11(20)17-7-8-4-5-9(15)6-10(8)16/h4-6H,7H2,1-3H3,(H,17,20). The maximum Gasteiger partial charge on any atom is 0.315 e. The molecule has 0 aliphatic rings. The van der Waals surface area contributed by atoms with Crippen molar-refractivity contribution in [1.82, 2.24) is 15.5 Å². The SMILES string of the molecule is CC(C)(C)c1noc(C(=O)NCc2ccc(Br)cc2F)n1. The monoisotopic (exact) mass is 355 g/mol. The van der Waals surface area contributed by atoms with Gasteiger partial charge in [0, 0.05) is 22.0 Å². The summed E-state index contributed by atoms with van der Waals surface area (Å²) in [5, 5.41) is 6.32. The van der Waals surface area contributed by atoms with E-state index < -0.39 is 11.7 Å². The van der Waals surface area contributed by atoms with Crippen LogP contribution in [0.15, 0.2) is 27.2 Å². The van der Waals surface area contributed by atoms with Gasteiger partial charge in [0.25, 0.3) is 0 Å². The Hall–Kier alpha value is -1.76. The molecule has 0 unspecified atom stereocenters. The lowest BCUT2D eigenvalue weighted by Gasteiger charge is -2.10. The second-order valence-corrected chi connectivity index (χ2v) is 6.51. The number of benzene rings is 1. The zero-order chi connectivity index (χ0) is 15.6. The zero-order valence-electron chi connectivity index (χ0n) is 11.9. The van der Waals surface area contributed by atoms with Gasteiger partial charge in [0.15, 0.2) is 5.82 Å². The van der Waals surface area contributed by atoms with Crippen molar-refractivity contribution in [2.75, 3.05) is 0 Å². The van der Waals surface area contributed by atoms with E-state index in [1.807, 2.05) is 20.8 Å². The van der Waals surface area contributed by atoms with E-state index >= 15 is 0 Å². The van der Waals surface area contributed by atoms with Crippen molar-refractivity contribution in [2.24, 2.45) is 0 Å². The summed E-state index contributed by atoms with van der Waals surface area (Å²) >= 11 is 3.17. The number of rotatable bonds is 3. The number of hydrogen-bond donors (Lipinski definition) is 1. The van der Waals surface area contributed by atoms with Crippen molar-refractivity contribution < 1.29 is 13.7 Å². The smallest absolute Gasteiger partial charge is 0.315 e. The average Bonchev–Trinajstić information content (AvgIpc) is 2.87. The Balaban J connectivity index is 2.03. The van der Waals surface area contributed by atoms with Gasteiger partial charge < -0.3 is 9.84 Å². The van der Waals surface area contributed by atoms with Crippen LogP contribution in [-0.4, -0.2) is 16.0 Å². The number of hydrogen-bond acceptors (Lipinski definition) is 4. The minimum Gasteiger partial charge on any atom is -0.344 e. The van der Waals surface area contributed by atoms with Crippen LogP contribution in [0.25, 0.3) is 0 Å². The van der Waals surface area contributed by atoms with Crippen LogP contribution in [0.4, 0.5) is 4.39 Å². The van der Waals surface area contributed by atoms with Crippen LogP contribution in [0.2, 0.25) is 0 Å². The van der Waals surface area contributed by atoms with Crippen LogP contribution in [0, 0.1) is 5.82 Å². The Morgan fingerprint density at radius 1 is 1.43 bits per heavy atom. The zero-order valence-corrected chi connectivity index (χ0v) is 13.5. The highest BCUT2D eigenvalue weighted by Gasteiger charge is 2.23. The second-order valence-electron chi connectivity index (χ2n) is 5.59. The predicted molar refractivity (Wildman–Crippen MR) is 78.3 cm³/mol. The van der Waals surface area contributed by atoms with Crippen molar-refractivity contribution in [3.8, 4) is 0 Å². The topological polar surface area (TPSA) is 68.0 Å². The molecule has 7 heteroatoms. The number of carbonyl (C=O) groups is 1. The molecule has 112 valence electrons. The Kier molecular flexibility index (Phi) is 4.41. The van der Waals surface area contributed by atoms with E-state index in [-0.39, 0.29) is 17.9 Å². The van der Waals surface area contributed by atoms with Gasteiger partial charge in [-0.2, -0.15) is 4.98 Å². The maximum absolute atomic E-state index is 13.6. The molecular weight excluding hydrogens is 341 g/mol. The summed E-state index contributed by atoms with van der Waals surface area (Å²) in [5.41, 5.74) is 0.0712. The Labute approximate surface area is 130 Å². The molecule has 0 fully saturated rings. The fourth-order valence-corrected chi connectivity index (χ4v) is 1.87. The molecule has 1 amide bonds. The van der Waals surface area contributed by atoms with E-state index in [1.165, 1.54) is 6.07 Å². The molecule has 1 N–H and O–H groups in total. The average molecular weight is 356 g/mol. The van der Waals surface area contributed by atoms with E-state index in [1.54, 1.807) is 12.1 Å². The van der Waals surface area contributed by atoms with E-state index in [0.29, 0.717) is 15.9 Å². The Morgan fingerprint density at radius 3 is 2.71 bits per heavy atom. The van der Waals surface area contributed by atoms with Crippen molar-refractivity contribution in [1.29, 1.82) is 0 Å². The summed E-state index contributed by atoms with van der Waals surface area (Å²) in [7, 11) is 0. The lowest BCUT2D eigenvalue weighted by atomic mass is 9.96. The molecule has 0 aliphatic carbocycles. The number of amides is 1. The highest BCUT2D eigenvalue weighted by Crippen LogP contribution is 2.18. The molecule has 0 radical (unpaired) electrons. The second kappa shape index (κ2) is 5.93. The fraction of sp³-hybridized carbons (Fsp3) is 0.357. The summed E-state index contributed by atoms with van der Waals surface area (Å²) in [6.07, 6.45) is 0. The summed E-state index contributed by atoms with van der Waals surface area (Å²) < 4.78 is 19.2. The minimum absolute atomic E-state index is 0.0468. The first-order chi connectivity index (χ1) is 9.77. The van der Waals surface area contributed by atoms with Crippen molar-refractivity contribution >= 4 is 21.8 Å². The highest BCUT2D eigenvalue weighted by atomic mass is 79.9. The van der Waals surface area contributed by atoms with Crippen LogP contribution in [0.1, 0.15) is 42.8 Å². The van der Waals surface area contributed by atoms with E-state index in [4.69, 9.17) is 4.52 Å². The molecule has 1 aromatic carbocycles. The third-order valence-corrected chi connectivity index (χ3v) is 3.24. The molecule has 5 nitrogen and oxygen atoms in total. The minimum atomic E-state index is -0.527. The molecule has 21 heavy (non-hydrogen) atoms. The number of aromatic nitrogens is 2. The van der Waals surface area contributed by atoms with Gasteiger partial charge in [0.05, 0.1) is 0 Å². The lowest BCUT2D eigenvalue weighted by molar-refractivity contribution is 0.0906. The van der Waals surface area contributed by atoms with Crippen LogP contribution in [-0.2, 0) is 12.0 Å². The molecule has 0 saturated carbocycles. The molecule has 0 atom stereocenters. The molecule has 0 aliphatic heterocycles. The van der Waals surface area contributed by atoms with Crippen LogP contribution in [0.3, 0.4) is 0 Å². The largest absolute Gasteiger partial charge is 0.344 e. The van der Waals surface area contributed by atoms with Gasteiger partial charge in [-0.25, -0.2) is 4.39 Å². The molecular formula is C14H15BrFN3O2. The first kappa shape index (κ1) is 15.6. The van der Waals surface area contributed by atoms with Crippen LogP contribution < -0.4 is 5.32 Å². The lowest BCUT2D eigenvalue weighted by Crippen LogP contribution is -2.24. The molecule has 0 spiro atoms. The van der Waals surface area contributed by atoms with Gasteiger partial charge in [0.1, 0.15) is 5.82 Å². The van der Waals surface area contributed by atoms with Crippen LogP contribution >= 0.6 is 15.9 Å². The van der Waals surface area contributed by atoms with E-state index in [2.05, 4.69) is 31.4 Å². The molecule has 0 bridgehead atoms. The van der Waals surface area contributed by atoms with Gasteiger partial charge in [-0.3, -0.25) is 4.79 Å². The molecule has 1 aromatic heterocycles. The molecule has 2 rings (SSSR count). The van der Waals surface area contributed by atoms with Gasteiger partial charge >= 0.3 is 11.8 Å². The van der Waals surface area contributed by atoms with Gasteiger partial charge in [-0.05, 0) is 12.1 Å². The van der Waals surface area contributed by atoms with Crippen molar-refractivity contribution in [2.45, 2.75) is 32.7 Å². The Morgan fingerprint density at radius 2 is 2.14 bits per heavy atom. The van der Waals surface area contributed by atoms with Crippen LogP contribution in [0.5, 0.6) is 0 Å². The third kappa shape index (κ3) is 3.87. The normalized spacial score (nSPS) is 11.5. The van der Waals surface area contributed by atoms with E-state index in [0.717, 1.165) is 0 Å². The Bertz CT molecular complexity index is 664. The number of carbonyl (C=O) groups excluding carboxylic acids is 1. The first-order valence-electron chi connectivity index (χ1n) is 6.33. The summed E-state index contributed by atoms with van der Waals surface area (Å²) in [4.78, 5) is 15.9. The van der Waals surface area contributed by atoms with Gasteiger partial charge in [0.2, 0.25) is 0 Å². The molecule has 2 aromatic rings. The maximum atomic E-state index is 13.6. The number of nitrogens with one attached hydrogen (secondary N) is 1. The van der Waals surface area contributed by atoms with Crippen molar-refractivity contribution in [3.05, 3.63) is 45.8 Å². The summed E-state index contributed by atoms with van der Waals surface area (Å²) in [5.74, 6) is -0.606. The summed E-state index contributed by atoms with van der Waals surface area (Å²) in [6.45, 7) is 5.79. The van der Waals surface area contributed by atoms with E-state index in [9.17, 15) is 9.18 Å². The summed E-state index contributed by atoms with van der Waals surface area (Å²) in [6, 6.07) is 4.63.